The molecule has 0 aliphatic rings. The van der Waals surface area contributed by atoms with Gasteiger partial charge in [-0.3, -0.25) is 14.9 Å². The molecule has 0 radical (unpaired) electrons. The molecule has 0 saturated carbocycles. The molecule has 132 valence electrons. The number of anilines is 1. The first-order valence-corrected chi connectivity index (χ1v) is 7.05. The van der Waals surface area contributed by atoms with E-state index in [2.05, 4.69) is 10.5 Å². The van der Waals surface area contributed by atoms with Crippen molar-refractivity contribution in [2.45, 2.75) is 13.8 Å². The second-order valence-electron chi connectivity index (χ2n) is 4.96. The van der Waals surface area contributed by atoms with Gasteiger partial charge in [-0.2, -0.15) is 0 Å². The number of ether oxygens (including phenoxy) is 2. The summed E-state index contributed by atoms with van der Waals surface area (Å²) in [5, 5.41) is 17.0. The van der Waals surface area contributed by atoms with E-state index in [0.29, 0.717) is 5.69 Å². The molecule has 0 fully saturated rings. The average molecular weight is 349 g/mol. The van der Waals surface area contributed by atoms with Crippen LogP contribution in [0.5, 0.6) is 5.75 Å². The van der Waals surface area contributed by atoms with E-state index >= 15 is 0 Å². The maximum absolute atomic E-state index is 11.9. The van der Waals surface area contributed by atoms with Gasteiger partial charge < -0.3 is 19.3 Å². The van der Waals surface area contributed by atoms with Crippen LogP contribution < -0.4 is 10.1 Å². The number of methoxy groups -OCH3 is 1. The number of esters is 1. The van der Waals surface area contributed by atoms with Crippen molar-refractivity contribution in [3.8, 4) is 5.75 Å². The fourth-order valence-corrected chi connectivity index (χ4v) is 2.06. The second kappa shape index (κ2) is 7.43. The Morgan fingerprint density at radius 1 is 1.36 bits per heavy atom. The van der Waals surface area contributed by atoms with Gasteiger partial charge in [0, 0.05) is 0 Å². The molecule has 1 aromatic heterocycles. The fraction of sp³-hybridized carbons (Fsp3) is 0.267. The van der Waals surface area contributed by atoms with E-state index in [1.165, 1.54) is 32.2 Å². The Balaban J connectivity index is 2.03. The van der Waals surface area contributed by atoms with Gasteiger partial charge in [0.15, 0.2) is 6.61 Å². The molecule has 0 bridgehead atoms. The zero-order valence-electron chi connectivity index (χ0n) is 13.7. The minimum atomic E-state index is -0.768. The van der Waals surface area contributed by atoms with Crippen molar-refractivity contribution >= 4 is 23.3 Å². The van der Waals surface area contributed by atoms with Crippen LogP contribution in [0, 0.1) is 24.0 Å². The maximum atomic E-state index is 11.9. The first kappa shape index (κ1) is 17.9. The number of hydrogen-bond donors (Lipinski definition) is 1. The summed E-state index contributed by atoms with van der Waals surface area (Å²) in [6.07, 6.45) is 0. The normalized spacial score (nSPS) is 10.2. The number of aryl methyl sites for hydroxylation is 2. The lowest BCUT2D eigenvalue weighted by Gasteiger charge is -2.08. The minimum absolute atomic E-state index is 0.0378. The smallest absolute Gasteiger partial charge is 0.344 e. The molecule has 2 rings (SSSR count). The largest absolute Gasteiger partial charge is 0.496 e. The molecule has 25 heavy (non-hydrogen) atoms. The van der Waals surface area contributed by atoms with Crippen molar-refractivity contribution in [3.05, 3.63) is 45.3 Å². The van der Waals surface area contributed by atoms with Crippen LogP contribution >= 0.6 is 0 Å². The van der Waals surface area contributed by atoms with Crippen molar-refractivity contribution in [1.29, 1.82) is 0 Å². The number of amides is 1. The highest BCUT2D eigenvalue weighted by molar-refractivity contribution is 5.97. The summed E-state index contributed by atoms with van der Waals surface area (Å²) in [5.41, 5.74) is 0.103. The Kier molecular flexibility index (Phi) is 5.32. The molecular weight excluding hydrogens is 334 g/mol. The van der Waals surface area contributed by atoms with Crippen molar-refractivity contribution < 1.29 is 28.5 Å². The van der Waals surface area contributed by atoms with Gasteiger partial charge in [-0.05, 0) is 26.0 Å². The highest BCUT2D eigenvalue weighted by Gasteiger charge is 2.21. The number of benzene rings is 1. The summed E-state index contributed by atoms with van der Waals surface area (Å²) in [5.74, 6) is -0.952. The lowest BCUT2D eigenvalue weighted by molar-refractivity contribution is -0.384. The molecule has 1 N–H and O–H groups in total. The third-order valence-corrected chi connectivity index (χ3v) is 3.25. The predicted molar refractivity (Wildman–Crippen MR) is 84.5 cm³/mol. The van der Waals surface area contributed by atoms with E-state index in [0.717, 1.165) is 0 Å². The van der Waals surface area contributed by atoms with Gasteiger partial charge in [0.05, 0.1) is 23.8 Å². The zero-order valence-corrected chi connectivity index (χ0v) is 13.7. The Labute approximate surface area is 141 Å². The highest BCUT2D eigenvalue weighted by Crippen LogP contribution is 2.28. The number of carbonyl (C=O) groups is 2. The molecule has 10 nitrogen and oxygen atoms in total. The average Bonchev–Trinajstić information content (AvgIpc) is 2.91. The van der Waals surface area contributed by atoms with Crippen LogP contribution in [0.15, 0.2) is 22.7 Å². The van der Waals surface area contributed by atoms with E-state index in [1.54, 1.807) is 6.92 Å². The van der Waals surface area contributed by atoms with Crippen molar-refractivity contribution in [3.63, 3.8) is 0 Å². The van der Waals surface area contributed by atoms with Crippen LogP contribution in [0.2, 0.25) is 0 Å². The first-order valence-electron chi connectivity index (χ1n) is 7.05. The summed E-state index contributed by atoms with van der Waals surface area (Å²) in [7, 11) is 1.37. The number of rotatable bonds is 6. The molecule has 1 heterocycles. The van der Waals surface area contributed by atoms with E-state index in [9.17, 15) is 19.7 Å². The standard InChI is InChI=1S/C15H15N3O7/c1-8-14(9(2)25-17-8)15(20)24-7-13(19)16-11-5-4-10(23-3)6-12(11)18(21)22/h4-6H,7H2,1-3H3,(H,16,19). The first-order chi connectivity index (χ1) is 11.8. The van der Waals surface area contributed by atoms with E-state index in [4.69, 9.17) is 14.0 Å². The summed E-state index contributed by atoms with van der Waals surface area (Å²) in [6.45, 7) is 2.48. The number of nitro benzene ring substituents is 1. The maximum Gasteiger partial charge on any atom is 0.344 e. The fourth-order valence-electron chi connectivity index (χ4n) is 2.06. The lowest BCUT2D eigenvalue weighted by Crippen LogP contribution is -2.21. The second-order valence-corrected chi connectivity index (χ2v) is 4.96. The number of aromatic nitrogens is 1. The molecule has 2 aromatic rings. The van der Waals surface area contributed by atoms with Crippen molar-refractivity contribution in [1.82, 2.24) is 5.16 Å². The van der Waals surface area contributed by atoms with Crippen LogP contribution in [0.1, 0.15) is 21.8 Å². The quantitative estimate of drug-likeness (QED) is 0.475. The van der Waals surface area contributed by atoms with Crippen LogP contribution in [0.4, 0.5) is 11.4 Å². The van der Waals surface area contributed by atoms with E-state index in [1.807, 2.05) is 0 Å². The van der Waals surface area contributed by atoms with Gasteiger partial charge in [-0.1, -0.05) is 5.16 Å². The minimum Gasteiger partial charge on any atom is -0.496 e. The monoisotopic (exact) mass is 349 g/mol. The van der Waals surface area contributed by atoms with Gasteiger partial charge in [-0.25, -0.2) is 4.79 Å². The van der Waals surface area contributed by atoms with Gasteiger partial charge in [0.25, 0.3) is 11.6 Å². The highest BCUT2D eigenvalue weighted by atomic mass is 16.6. The molecule has 0 atom stereocenters. The molecule has 10 heteroatoms. The number of nitro groups is 1. The molecule has 0 unspecified atom stereocenters. The van der Waals surface area contributed by atoms with Crippen molar-refractivity contribution in [2.75, 3.05) is 19.0 Å². The molecule has 0 spiro atoms. The van der Waals surface area contributed by atoms with Crippen LogP contribution in [0.25, 0.3) is 0 Å². The van der Waals surface area contributed by atoms with Crippen LogP contribution in [-0.2, 0) is 9.53 Å². The third kappa shape index (κ3) is 4.10. The predicted octanol–water partition coefficient (Wildman–Crippen LogP) is 2.00. The Hall–Kier alpha value is -3.43. The Morgan fingerprint density at radius 3 is 2.64 bits per heavy atom. The molecule has 0 aliphatic carbocycles. The summed E-state index contributed by atoms with van der Waals surface area (Å²) < 4.78 is 14.6. The molecular formula is C15H15N3O7. The number of nitrogens with zero attached hydrogens (tertiary/aromatic N) is 2. The number of hydrogen-bond acceptors (Lipinski definition) is 8. The zero-order chi connectivity index (χ0) is 18.6. The van der Waals surface area contributed by atoms with Gasteiger partial charge in [-0.15, -0.1) is 0 Å². The Bertz CT molecular complexity index is 809. The number of nitrogens with one attached hydrogen (secondary N) is 1. The molecule has 1 aromatic carbocycles. The summed E-state index contributed by atoms with van der Waals surface area (Å²) in [4.78, 5) is 34.2. The van der Waals surface area contributed by atoms with E-state index < -0.39 is 23.4 Å². The Morgan fingerprint density at radius 2 is 2.08 bits per heavy atom. The molecule has 0 saturated heterocycles. The van der Waals surface area contributed by atoms with Gasteiger partial charge in [0.1, 0.15) is 22.8 Å². The van der Waals surface area contributed by atoms with Crippen LogP contribution in [-0.4, -0.2) is 35.7 Å². The number of carbonyl (C=O) groups excluding carboxylic acids is 2. The molecule has 1 amide bonds. The van der Waals surface area contributed by atoms with Crippen molar-refractivity contribution in [2.24, 2.45) is 0 Å². The topological polar surface area (TPSA) is 134 Å². The van der Waals surface area contributed by atoms with E-state index in [-0.39, 0.29) is 28.4 Å². The molecule has 0 aliphatic heterocycles. The van der Waals surface area contributed by atoms with Crippen LogP contribution in [0.3, 0.4) is 0 Å². The third-order valence-electron chi connectivity index (χ3n) is 3.25. The van der Waals surface area contributed by atoms with Gasteiger partial charge >= 0.3 is 5.97 Å². The van der Waals surface area contributed by atoms with Gasteiger partial charge in [0.2, 0.25) is 0 Å². The summed E-state index contributed by atoms with van der Waals surface area (Å²) in [6, 6.07) is 3.95. The summed E-state index contributed by atoms with van der Waals surface area (Å²) >= 11 is 0. The SMILES string of the molecule is COc1ccc(NC(=O)COC(=O)c2c(C)noc2C)c([N+](=O)[O-])c1. The lowest BCUT2D eigenvalue weighted by atomic mass is 10.2.